The van der Waals surface area contributed by atoms with Crippen molar-refractivity contribution in [1.29, 1.82) is 0 Å². The topological polar surface area (TPSA) is 26.3 Å². The van der Waals surface area contributed by atoms with Gasteiger partial charge in [-0.2, -0.15) is 0 Å². The molecule has 0 heterocycles. The summed E-state index contributed by atoms with van der Waals surface area (Å²) in [5.41, 5.74) is -0.206. The van der Waals surface area contributed by atoms with E-state index in [4.69, 9.17) is 0 Å². The zero-order valence-electron chi connectivity index (χ0n) is 6.26. The van der Waals surface area contributed by atoms with Crippen molar-refractivity contribution in [3.8, 4) is 0 Å². The molecular formula is C8H9FO2. The number of hydrogen-bond donors (Lipinski definition) is 0. The second-order valence-electron chi connectivity index (χ2n) is 1.71. The van der Waals surface area contributed by atoms with E-state index in [0.29, 0.717) is 6.29 Å². The highest BCUT2D eigenvalue weighted by atomic mass is 19.1. The lowest BCUT2D eigenvalue weighted by Crippen LogP contribution is -1.93. The van der Waals surface area contributed by atoms with Crippen LogP contribution in [0.1, 0.15) is 0 Å². The van der Waals surface area contributed by atoms with E-state index >= 15 is 0 Å². The highest BCUT2D eigenvalue weighted by molar-refractivity contribution is 5.80. The number of rotatable bonds is 4. The van der Waals surface area contributed by atoms with Gasteiger partial charge < -0.3 is 4.74 Å². The molecule has 0 aliphatic carbocycles. The summed E-state index contributed by atoms with van der Waals surface area (Å²) < 4.78 is 17.0. The Labute approximate surface area is 64.7 Å². The van der Waals surface area contributed by atoms with Crippen LogP contribution in [0.25, 0.3) is 0 Å². The molecule has 0 saturated carbocycles. The normalized spacial score (nSPS) is 11.5. The Hall–Kier alpha value is -1.38. The van der Waals surface area contributed by atoms with E-state index in [9.17, 15) is 9.18 Å². The fourth-order valence-electron chi connectivity index (χ4n) is 0.559. The molecule has 2 nitrogen and oxygen atoms in total. The summed E-state index contributed by atoms with van der Waals surface area (Å²) in [5.74, 6) is -0.732. The molecule has 0 spiro atoms. The van der Waals surface area contributed by atoms with Crippen molar-refractivity contribution in [3.05, 3.63) is 36.4 Å². The lowest BCUT2D eigenvalue weighted by molar-refractivity contribution is -0.105. The highest BCUT2D eigenvalue weighted by Gasteiger charge is 2.06. The Kier molecular flexibility index (Phi) is 3.88. The van der Waals surface area contributed by atoms with Gasteiger partial charge in [0.05, 0.1) is 12.7 Å². The zero-order valence-corrected chi connectivity index (χ0v) is 6.26. The van der Waals surface area contributed by atoms with Crippen LogP contribution in [0.15, 0.2) is 36.4 Å². The summed E-state index contributed by atoms with van der Waals surface area (Å²) in [6.45, 7) is 6.29. The van der Waals surface area contributed by atoms with Gasteiger partial charge in [-0.3, -0.25) is 4.79 Å². The Balaban J connectivity index is 4.92. The first-order valence-electron chi connectivity index (χ1n) is 2.88. The van der Waals surface area contributed by atoms with Gasteiger partial charge in [0, 0.05) is 0 Å². The molecule has 0 N–H and O–H groups in total. The SMILES string of the molecule is C=C/C(OC)=C(/C=O)C(=C)F. The number of carbonyl (C=O) groups is 1. The minimum absolute atomic E-state index is 0.0903. The number of carbonyl (C=O) groups excluding carboxylic acids is 1. The fourth-order valence-corrected chi connectivity index (χ4v) is 0.559. The Bertz CT molecular complexity index is 216. The van der Waals surface area contributed by atoms with Gasteiger partial charge in [-0.25, -0.2) is 4.39 Å². The van der Waals surface area contributed by atoms with E-state index in [1.807, 2.05) is 0 Å². The average molecular weight is 156 g/mol. The van der Waals surface area contributed by atoms with Crippen LogP contribution >= 0.6 is 0 Å². The molecule has 0 bridgehead atoms. The maximum atomic E-state index is 12.4. The van der Waals surface area contributed by atoms with Gasteiger partial charge in [0.25, 0.3) is 0 Å². The first kappa shape index (κ1) is 9.62. The van der Waals surface area contributed by atoms with Gasteiger partial charge in [-0.05, 0) is 6.08 Å². The average Bonchev–Trinajstić information content (AvgIpc) is 1.99. The van der Waals surface area contributed by atoms with Crippen molar-refractivity contribution >= 4 is 6.29 Å². The first-order valence-corrected chi connectivity index (χ1v) is 2.88. The Morgan fingerprint density at radius 1 is 1.64 bits per heavy atom. The van der Waals surface area contributed by atoms with Crippen molar-refractivity contribution in [2.24, 2.45) is 0 Å². The van der Waals surface area contributed by atoms with Crippen LogP contribution in [-0.4, -0.2) is 13.4 Å². The van der Waals surface area contributed by atoms with Crippen LogP contribution in [0.3, 0.4) is 0 Å². The monoisotopic (exact) mass is 156 g/mol. The number of ether oxygens (including phenoxy) is 1. The third-order valence-electron chi connectivity index (χ3n) is 1.08. The van der Waals surface area contributed by atoms with Crippen molar-refractivity contribution in [2.45, 2.75) is 0 Å². The molecule has 0 rings (SSSR count). The molecule has 0 aromatic rings. The molecule has 3 heteroatoms. The number of allylic oxidation sites excluding steroid dienone is 3. The molecule has 0 fully saturated rings. The molecule has 0 aromatic carbocycles. The second kappa shape index (κ2) is 4.44. The number of aldehydes is 1. The smallest absolute Gasteiger partial charge is 0.156 e. The van der Waals surface area contributed by atoms with Crippen LogP contribution in [0.2, 0.25) is 0 Å². The van der Waals surface area contributed by atoms with E-state index < -0.39 is 5.83 Å². The maximum absolute atomic E-state index is 12.4. The molecule has 0 aromatic heterocycles. The van der Waals surface area contributed by atoms with Crippen LogP contribution in [0, 0.1) is 0 Å². The van der Waals surface area contributed by atoms with Crippen molar-refractivity contribution in [3.63, 3.8) is 0 Å². The standard InChI is InChI=1S/C8H9FO2/c1-4-8(11-3)7(5-10)6(2)9/h4-5H,1-2H2,3H3/b8-7+. The number of halogens is 1. The Morgan fingerprint density at radius 2 is 2.18 bits per heavy atom. The van der Waals surface area contributed by atoms with Gasteiger partial charge >= 0.3 is 0 Å². The number of hydrogen-bond acceptors (Lipinski definition) is 2. The fraction of sp³-hybridized carbons (Fsp3) is 0.125. The van der Waals surface area contributed by atoms with E-state index in [1.165, 1.54) is 13.2 Å². The van der Waals surface area contributed by atoms with Crippen LogP contribution in [-0.2, 0) is 9.53 Å². The predicted molar refractivity (Wildman–Crippen MR) is 40.5 cm³/mol. The molecule has 0 unspecified atom stereocenters. The molecule has 0 aliphatic rings. The summed E-state index contributed by atoms with van der Waals surface area (Å²) >= 11 is 0. The van der Waals surface area contributed by atoms with Crippen LogP contribution < -0.4 is 0 Å². The minimum atomic E-state index is -0.822. The van der Waals surface area contributed by atoms with Gasteiger partial charge in [-0.15, -0.1) is 0 Å². The minimum Gasteiger partial charge on any atom is -0.496 e. The van der Waals surface area contributed by atoms with Crippen LogP contribution in [0.4, 0.5) is 4.39 Å². The number of methoxy groups -OCH3 is 1. The molecule has 0 radical (unpaired) electrons. The van der Waals surface area contributed by atoms with Gasteiger partial charge in [-0.1, -0.05) is 13.2 Å². The van der Waals surface area contributed by atoms with Crippen molar-refractivity contribution in [2.75, 3.05) is 7.11 Å². The molecule has 0 amide bonds. The molecule has 0 atom stereocenters. The predicted octanol–water partition coefficient (Wildman–Crippen LogP) is 1.75. The lowest BCUT2D eigenvalue weighted by atomic mass is 10.2. The summed E-state index contributed by atoms with van der Waals surface area (Å²) in [6, 6.07) is 0. The Morgan fingerprint density at radius 3 is 2.27 bits per heavy atom. The van der Waals surface area contributed by atoms with E-state index in [1.54, 1.807) is 0 Å². The van der Waals surface area contributed by atoms with E-state index in [2.05, 4.69) is 17.9 Å². The van der Waals surface area contributed by atoms with E-state index in [0.717, 1.165) is 0 Å². The quantitative estimate of drug-likeness (QED) is 0.268. The largest absolute Gasteiger partial charge is 0.496 e. The second-order valence-corrected chi connectivity index (χ2v) is 1.71. The summed E-state index contributed by atoms with van der Waals surface area (Å²) in [6.07, 6.45) is 1.58. The molecule has 0 saturated heterocycles. The third kappa shape index (κ3) is 2.37. The van der Waals surface area contributed by atoms with Gasteiger partial charge in [0.1, 0.15) is 11.6 Å². The highest BCUT2D eigenvalue weighted by Crippen LogP contribution is 2.13. The maximum Gasteiger partial charge on any atom is 0.156 e. The lowest BCUT2D eigenvalue weighted by Gasteiger charge is -2.01. The van der Waals surface area contributed by atoms with Crippen molar-refractivity contribution < 1.29 is 13.9 Å². The molecule has 60 valence electrons. The summed E-state index contributed by atoms with van der Waals surface area (Å²) in [5, 5.41) is 0. The molecule has 0 aliphatic heterocycles. The van der Waals surface area contributed by atoms with Crippen molar-refractivity contribution in [1.82, 2.24) is 0 Å². The first-order chi connectivity index (χ1) is 5.17. The van der Waals surface area contributed by atoms with E-state index in [-0.39, 0.29) is 11.3 Å². The molecule has 11 heavy (non-hydrogen) atoms. The summed E-state index contributed by atoms with van der Waals surface area (Å²) in [7, 11) is 1.32. The van der Waals surface area contributed by atoms with Gasteiger partial charge in [0.2, 0.25) is 0 Å². The zero-order chi connectivity index (χ0) is 8.85. The summed E-state index contributed by atoms with van der Waals surface area (Å²) in [4.78, 5) is 10.2. The van der Waals surface area contributed by atoms with Gasteiger partial charge in [0.15, 0.2) is 6.29 Å². The van der Waals surface area contributed by atoms with Crippen LogP contribution in [0.5, 0.6) is 0 Å². The molecular weight excluding hydrogens is 147 g/mol. The third-order valence-corrected chi connectivity index (χ3v) is 1.08.